The summed E-state index contributed by atoms with van der Waals surface area (Å²) in [4.78, 5) is 15.2. The van der Waals surface area contributed by atoms with Crippen molar-refractivity contribution < 1.29 is 0 Å². The maximum atomic E-state index is 5.13. The van der Waals surface area contributed by atoms with Gasteiger partial charge in [-0.2, -0.15) is 0 Å². The Morgan fingerprint density at radius 1 is 0.408 bits per heavy atom. The van der Waals surface area contributed by atoms with Gasteiger partial charge >= 0.3 is 0 Å². The normalized spacial score (nSPS) is 14.4. The standard InChI is InChI=1S/C45H36N4/c1-44(2)36-24-14-11-21-31(36)34-28-40-35(27-37(34)45(44,3)4)32-22-12-15-25-38(32)49(40)39-26-16-13-23-33(39)43-47-41(29-17-7-5-8-18-29)46-42(48-43)30-19-9-6-10-20-30/h5-28H,1-4H3. The van der Waals surface area contributed by atoms with Crippen molar-refractivity contribution in [2.75, 3.05) is 0 Å². The average Bonchev–Trinajstić information content (AvgIpc) is 3.47. The molecule has 6 aromatic carbocycles. The molecule has 49 heavy (non-hydrogen) atoms. The van der Waals surface area contributed by atoms with Gasteiger partial charge in [-0.15, -0.1) is 0 Å². The Morgan fingerprint density at radius 2 is 0.939 bits per heavy atom. The van der Waals surface area contributed by atoms with Gasteiger partial charge in [-0.1, -0.05) is 143 Å². The van der Waals surface area contributed by atoms with E-state index < -0.39 is 0 Å². The number of fused-ring (bicyclic) bond motifs is 6. The van der Waals surface area contributed by atoms with Crippen molar-refractivity contribution >= 4 is 21.8 Å². The highest BCUT2D eigenvalue weighted by atomic mass is 15.1. The molecular formula is C45H36N4. The topological polar surface area (TPSA) is 43.6 Å². The van der Waals surface area contributed by atoms with E-state index in [1.807, 2.05) is 36.4 Å². The van der Waals surface area contributed by atoms with E-state index in [0.29, 0.717) is 17.5 Å². The fourth-order valence-corrected chi connectivity index (χ4v) is 7.74. The molecule has 0 atom stereocenters. The lowest BCUT2D eigenvalue weighted by molar-refractivity contribution is 0.299. The minimum Gasteiger partial charge on any atom is -0.308 e. The van der Waals surface area contributed by atoms with Crippen molar-refractivity contribution in [1.29, 1.82) is 0 Å². The highest BCUT2D eigenvalue weighted by Crippen LogP contribution is 2.55. The van der Waals surface area contributed by atoms with E-state index in [9.17, 15) is 0 Å². The SMILES string of the molecule is CC1(C)c2ccccc2-c2cc3c(cc2C1(C)C)c1ccccc1n3-c1ccccc1-c1nc(-c2ccccc2)nc(-c2ccccc2)n1. The molecule has 0 aliphatic heterocycles. The Bertz CT molecular complexity index is 2480. The van der Waals surface area contributed by atoms with Crippen molar-refractivity contribution in [2.45, 2.75) is 38.5 Å². The van der Waals surface area contributed by atoms with Gasteiger partial charge in [0.05, 0.1) is 16.7 Å². The third kappa shape index (κ3) is 4.40. The molecule has 0 spiro atoms. The first-order chi connectivity index (χ1) is 23.8. The summed E-state index contributed by atoms with van der Waals surface area (Å²) >= 11 is 0. The van der Waals surface area contributed by atoms with Gasteiger partial charge in [-0.05, 0) is 63.4 Å². The lowest BCUT2D eigenvalue weighted by Gasteiger charge is -2.48. The number of benzene rings is 6. The monoisotopic (exact) mass is 632 g/mol. The minimum atomic E-state index is -0.0848. The van der Waals surface area contributed by atoms with Crippen molar-refractivity contribution in [3.8, 4) is 51.0 Å². The zero-order valence-electron chi connectivity index (χ0n) is 28.1. The van der Waals surface area contributed by atoms with Crippen LogP contribution in [0.4, 0.5) is 0 Å². The van der Waals surface area contributed by atoms with Crippen LogP contribution in [0.2, 0.25) is 0 Å². The maximum Gasteiger partial charge on any atom is 0.166 e. The van der Waals surface area contributed by atoms with E-state index in [2.05, 4.69) is 141 Å². The van der Waals surface area contributed by atoms with Crippen LogP contribution in [0, 0.1) is 0 Å². The molecule has 4 nitrogen and oxygen atoms in total. The highest BCUT2D eigenvalue weighted by Gasteiger charge is 2.46. The van der Waals surface area contributed by atoms with Gasteiger partial charge in [0, 0.05) is 27.5 Å². The van der Waals surface area contributed by atoms with Crippen LogP contribution in [0.1, 0.15) is 38.8 Å². The van der Waals surface area contributed by atoms with E-state index in [0.717, 1.165) is 27.9 Å². The Kier molecular flexibility index (Phi) is 6.47. The molecule has 0 fully saturated rings. The van der Waals surface area contributed by atoms with E-state index >= 15 is 0 Å². The van der Waals surface area contributed by atoms with Crippen molar-refractivity contribution in [2.24, 2.45) is 0 Å². The van der Waals surface area contributed by atoms with Gasteiger partial charge in [0.25, 0.3) is 0 Å². The van der Waals surface area contributed by atoms with Crippen LogP contribution >= 0.6 is 0 Å². The molecule has 8 aromatic rings. The average molecular weight is 633 g/mol. The van der Waals surface area contributed by atoms with Crippen LogP contribution < -0.4 is 0 Å². The summed E-state index contributed by atoms with van der Waals surface area (Å²) in [6.07, 6.45) is 0. The largest absolute Gasteiger partial charge is 0.308 e. The summed E-state index contributed by atoms with van der Waals surface area (Å²) < 4.78 is 2.41. The molecule has 9 rings (SSSR count). The number of hydrogen-bond acceptors (Lipinski definition) is 3. The molecule has 0 unspecified atom stereocenters. The summed E-state index contributed by atoms with van der Waals surface area (Å²) in [5.74, 6) is 1.94. The second-order valence-electron chi connectivity index (χ2n) is 14.1. The Balaban J connectivity index is 1.34. The van der Waals surface area contributed by atoms with Crippen LogP contribution in [0.25, 0.3) is 72.8 Å². The first-order valence-corrected chi connectivity index (χ1v) is 17.0. The number of aromatic nitrogens is 4. The zero-order valence-corrected chi connectivity index (χ0v) is 28.1. The molecule has 2 heterocycles. The minimum absolute atomic E-state index is 0.0408. The second-order valence-corrected chi connectivity index (χ2v) is 14.1. The van der Waals surface area contributed by atoms with Gasteiger partial charge in [0.1, 0.15) is 0 Å². The lowest BCUT2D eigenvalue weighted by atomic mass is 9.55. The fourth-order valence-electron chi connectivity index (χ4n) is 7.74. The number of para-hydroxylation sites is 2. The first kappa shape index (κ1) is 29.3. The Morgan fingerprint density at radius 3 is 1.63 bits per heavy atom. The maximum absolute atomic E-state index is 5.13. The van der Waals surface area contributed by atoms with Gasteiger partial charge in [-0.25, -0.2) is 15.0 Å². The molecule has 4 heteroatoms. The van der Waals surface area contributed by atoms with Crippen LogP contribution in [-0.2, 0) is 10.8 Å². The third-order valence-corrected chi connectivity index (χ3v) is 11.0. The summed E-state index contributed by atoms with van der Waals surface area (Å²) in [5, 5.41) is 2.48. The van der Waals surface area contributed by atoms with Crippen molar-refractivity contribution in [1.82, 2.24) is 19.5 Å². The van der Waals surface area contributed by atoms with E-state index in [1.54, 1.807) is 0 Å². The molecule has 0 bridgehead atoms. The van der Waals surface area contributed by atoms with Gasteiger partial charge in [-0.3, -0.25) is 0 Å². The Hall–Kier alpha value is -5.87. The van der Waals surface area contributed by atoms with Crippen molar-refractivity contribution in [3.05, 3.63) is 157 Å². The van der Waals surface area contributed by atoms with Crippen LogP contribution in [0.5, 0.6) is 0 Å². The second kappa shape index (κ2) is 10.8. The first-order valence-electron chi connectivity index (χ1n) is 17.0. The molecular weight excluding hydrogens is 597 g/mol. The molecule has 1 aliphatic carbocycles. The summed E-state index contributed by atoms with van der Waals surface area (Å²) in [6.45, 7) is 9.58. The summed E-state index contributed by atoms with van der Waals surface area (Å²) in [5.41, 5.74) is 11.5. The van der Waals surface area contributed by atoms with Crippen LogP contribution in [0.15, 0.2) is 146 Å². The van der Waals surface area contributed by atoms with Gasteiger partial charge in [0.15, 0.2) is 17.5 Å². The molecule has 0 saturated heterocycles. The molecule has 0 saturated carbocycles. The Labute approximate surface area is 286 Å². The third-order valence-electron chi connectivity index (χ3n) is 11.0. The lowest BCUT2D eigenvalue weighted by Crippen LogP contribution is -2.43. The predicted molar refractivity (Wildman–Crippen MR) is 202 cm³/mol. The van der Waals surface area contributed by atoms with Crippen molar-refractivity contribution in [3.63, 3.8) is 0 Å². The van der Waals surface area contributed by atoms with Gasteiger partial charge in [0.2, 0.25) is 0 Å². The fraction of sp³-hybridized carbons (Fsp3) is 0.133. The van der Waals surface area contributed by atoms with E-state index in [4.69, 9.17) is 15.0 Å². The number of nitrogens with zero attached hydrogens (tertiary/aromatic N) is 4. The molecule has 0 amide bonds. The van der Waals surface area contributed by atoms with E-state index in [-0.39, 0.29) is 10.8 Å². The quantitative estimate of drug-likeness (QED) is 0.194. The smallest absolute Gasteiger partial charge is 0.166 e. The molecule has 2 aromatic heterocycles. The number of rotatable bonds is 4. The zero-order chi connectivity index (χ0) is 33.3. The highest BCUT2D eigenvalue weighted by molar-refractivity contribution is 6.11. The molecule has 236 valence electrons. The number of hydrogen-bond donors (Lipinski definition) is 0. The summed E-state index contributed by atoms with van der Waals surface area (Å²) in [7, 11) is 0. The molecule has 0 N–H and O–H groups in total. The van der Waals surface area contributed by atoms with Crippen LogP contribution in [0.3, 0.4) is 0 Å². The molecule has 0 radical (unpaired) electrons. The van der Waals surface area contributed by atoms with Crippen LogP contribution in [-0.4, -0.2) is 19.5 Å². The molecule has 1 aliphatic rings. The predicted octanol–water partition coefficient (Wildman–Crippen LogP) is 11.2. The summed E-state index contributed by atoms with van der Waals surface area (Å²) in [6, 6.07) is 51.4. The van der Waals surface area contributed by atoms with Gasteiger partial charge < -0.3 is 4.57 Å². The van der Waals surface area contributed by atoms with E-state index in [1.165, 1.54) is 38.5 Å².